The minimum absolute atomic E-state index is 0.0264. The molecule has 8 nitrogen and oxygen atoms in total. The van der Waals surface area contributed by atoms with Gasteiger partial charge in [0.1, 0.15) is 0 Å². The highest BCUT2D eigenvalue weighted by molar-refractivity contribution is 6.35. The summed E-state index contributed by atoms with van der Waals surface area (Å²) in [6.07, 6.45) is 4.21. The molecule has 32 heavy (non-hydrogen) atoms. The number of piperazine rings is 1. The number of likely N-dealkylation sites (N-methyl/N-ethyl adjacent to an activating group) is 1. The molecular formula is C24H37N5O3. The lowest BCUT2D eigenvalue weighted by molar-refractivity contribution is -0.139. The molecular weight excluding hydrogens is 406 g/mol. The average molecular weight is 444 g/mol. The zero-order valence-electron chi connectivity index (χ0n) is 19.4. The van der Waals surface area contributed by atoms with Gasteiger partial charge in [-0.15, -0.1) is 0 Å². The summed E-state index contributed by atoms with van der Waals surface area (Å²) in [7, 11) is 4.28. The van der Waals surface area contributed by atoms with Crippen LogP contribution in [0.3, 0.4) is 0 Å². The zero-order chi connectivity index (χ0) is 22.5. The first kappa shape index (κ1) is 23.0. The number of benzene rings is 1. The molecule has 1 aromatic carbocycles. The highest BCUT2D eigenvalue weighted by atomic mass is 16.5. The molecule has 0 aliphatic carbocycles. The molecule has 3 aliphatic heterocycles. The molecule has 2 atom stereocenters. The fourth-order valence-electron chi connectivity index (χ4n) is 4.97. The SMILES string of the molecule is CN1CCN([C@@H](CNC(=O)C(=O)NC[C@@H]2CCCO2)c2ccc3c(c2)CCCN3C)CC1. The Morgan fingerprint density at radius 2 is 1.84 bits per heavy atom. The van der Waals surface area contributed by atoms with Gasteiger partial charge in [0.05, 0.1) is 12.1 Å². The molecule has 4 rings (SSSR count). The molecule has 3 heterocycles. The molecule has 1 aromatic rings. The van der Waals surface area contributed by atoms with Crippen LogP contribution in [-0.4, -0.2) is 94.2 Å². The van der Waals surface area contributed by atoms with E-state index in [4.69, 9.17) is 4.74 Å². The topological polar surface area (TPSA) is 77.1 Å². The van der Waals surface area contributed by atoms with Crippen LogP contribution in [0.1, 0.15) is 36.4 Å². The monoisotopic (exact) mass is 443 g/mol. The maximum absolute atomic E-state index is 12.5. The number of ether oxygens (including phenoxy) is 1. The summed E-state index contributed by atoms with van der Waals surface area (Å²) < 4.78 is 5.52. The van der Waals surface area contributed by atoms with Gasteiger partial charge in [-0.2, -0.15) is 0 Å². The summed E-state index contributed by atoms with van der Waals surface area (Å²) in [4.78, 5) is 31.9. The first-order valence-electron chi connectivity index (χ1n) is 12.0. The number of carbonyl (C=O) groups excluding carboxylic acids is 2. The van der Waals surface area contributed by atoms with Gasteiger partial charge in [-0.05, 0) is 49.9 Å². The highest BCUT2D eigenvalue weighted by Gasteiger charge is 2.27. The number of nitrogens with zero attached hydrogens (tertiary/aromatic N) is 3. The van der Waals surface area contributed by atoms with Gasteiger partial charge in [0, 0.05) is 65.2 Å². The van der Waals surface area contributed by atoms with Gasteiger partial charge in [-0.1, -0.05) is 12.1 Å². The lowest BCUT2D eigenvalue weighted by Crippen LogP contribution is -2.50. The Morgan fingerprint density at radius 1 is 1.06 bits per heavy atom. The predicted molar refractivity (Wildman–Crippen MR) is 125 cm³/mol. The molecule has 0 saturated carbocycles. The van der Waals surface area contributed by atoms with E-state index in [-0.39, 0.29) is 12.1 Å². The first-order chi connectivity index (χ1) is 15.5. The van der Waals surface area contributed by atoms with E-state index in [0.29, 0.717) is 13.1 Å². The van der Waals surface area contributed by atoms with E-state index in [0.717, 1.165) is 65.0 Å². The number of fused-ring (bicyclic) bond motifs is 1. The van der Waals surface area contributed by atoms with Crippen molar-refractivity contribution < 1.29 is 14.3 Å². The molecule has 0 spiro atoms. The zero-order valence-corrected chi connectivity index (χ0v) is 19.4. The number of anilines is 1. The molecule has 0 bridgehead atoms. The second kappa shape index (κ2) is 10.6. The van der Waals surface area contributed by atoms with E-state index in [1.54, 1.807) is 0 Å². The lowest BCUT2D eigenvalue weighted by Gasteiger charge is -2.39. The van der Waals surface area contributed by atoms with Gasteiger partial charge in [-0.25, -0.2) is 0 Å². The van der Waals surface area contributed by atoms with Crippen molar-refractivity contribution in [2.24, 2.45) is 0 Å². The molecule has 2 N–H and O–H groups in total. The van der Waals surface area contributed by atoms with Crippen molar-refractivity contribution in [1.29, 1.82) is 0 Å². The summed E-state index contributed by atoms with van der Waals surface area (Å²) in [6.45, 7) is 6.52. The molecule has 2 saturated heterocycles. The summed E-state index contributed by atoms with van der Waals surface area (Å²) in [5.41, 5.74) is 3.88. The fourth-order valence-corrected chi connectivity index (χ4v) is 4.97. The van der Waals surface area contributed by atoms with Crippen molar-refractivity contribution in [1.82, 2.24) is 20.4 Å². The van der Waals surface area contributed by atoms with Crippen molar-refractivity contribution in [2.45, 2.75) is 37.8 Å². The molecule has 0 radical (unpaired) electrons. The molecule has 176 valence electrons. The second-order valence-electron chi connectivity index (χ2n) is 9.32. The Hall–Kier alpha value is -2.16. The van der Waals surface area contributed by atoms with Crippen molar-refractivity contribution >= 4 is 17.5 Å². The van der Waals surface area contributed by atoms with Crippen molar-refractivity contribution in [3.05, 3.63) is 29.3 Å². The van der Waals surface area contributed by atoms with Gasteiger partial charge < -0.3 is 25.2 Å². The smallest absolute Gasteiger partial charge is 0.309 e. The van der Waals surface area contributed by atoms with Crippen molar-refractivity contribution in [3.8, 4) is 0 Å². The Kier molecular flexibility index (Phi) is 7.65. The van der Waals surface area contributed by atoms with Crippen LogP contribution in [0, 0.1) is 0 Å². The van der Waals surface area contributed by atoms with Crippen molar-refractivity contribution in [2.75, 3.05) is 71.4 Å². The number of aryl methyl sites for hydroxylation is 1. The Labute approximate surface area is 191 Å². The number of rotatable bonds is 6. The van der Waals surface area contributed by atoms with E-state index >= 15 is 0 Å². The first-order valence-corrected chi connectivity index (χ1v) is 12.0. The molecule has 8 heteroatoms. The fraction of sp³-hybridized carbons (Fsp3) is 0.667. The number of hydrogen-bond acceptors (Lipinski definition) is 6. The predicted octanol–water partition coefficient (Wildman–Crippen LogP) is 0.769. The highest BCUT2D eigenvalue weighted by Crippen LogP contribution is 2.31. The van der Waals surface area contributed by atoms with Crippen LogP contribution in [0.15, 0.2) is 18.2 Å². The third kappa shape index (κ3) is 5.60. The summed E-state index contributed by atoms with van der Waals surface area (Å²) >= 11 is 0. The largest absolute Gasteiger partial charge is 0.376 e. The summed E-state index contributed by atoms with van der Waals surface area (Å²) in [5, 5.41) is 5.61. The number of nitrogens with one attached hydrogen (secondary N) is 2. The van der Waals surface area contributed by atoms with E-state index < -0.39 is 11.8 Å². The van der Waals surface area contributed by atoms with E-state index in [9.17, 15) is 9.59 Å². The Bertz CT molecular complexity index is 803. The van der Waals surface area contributed by atoms with E-state index in [2.05, 4.69) is 57.6 Å². The van der Waals surface area contributed by atoms with Gasteiger partial charge in [-0.3, -0.25) is 14.5 Å². The third-order valence-electron chi connectivity index (χ3n) is 6.99. The maximum Gasteiger partial charge on any atom is 0.309 e. The standard InChI is InChI=1S/C24H37N5O3/c1-27-10-12-29(13-11-27)22(19-7-8-21-18(15-19)5-3-9-28(21)2)17-26-24(31)23(30)25-16-20-6-4-14-32-20/h7-8,15,20,22H,3-6,9-14,16-17H2,1-2H3,(H,25,30)(H,26,31)/t20-,22-/m0/s1. The van der Waals surface area contributed by atoms with Crippen LogP contribution < -0.4 is 15.5 Å². The molecule has 0 aromatic heterocycles. The van der Waals surface area contributed by atoms with Crippen LogP contribution in [0.4, 0.5) is 5.69 Å². The van der Waals surface area contributed by atoms with Crippen LogP contribution in [0.2, 0.25) is 0 Å². The molecule has 0 unspecified atom stereocenters. The van der Waals surface area contributed by atoms with Crippen LogP contribution in [0.5, 0.6) is 0 Å². The molecule has 2 amide bonds. The lowest BCUT2D eigenvalue weighted by atomic mass is 9.95. The molecule has 2 fully saturated rings. The second-order valence-corrected chi connectivity index (χ2v) is 9.32. The minimum atomic E-state index is -0.579. The summed E-state index contributed by atoms with van der Waals surface area (Å²) in [5.74, 6) is -1.15. The third-order valence-corrected chi connectivity index (χ3v) is 6.99. The van der Waals surface area contributed by atoms with E-state index in [1.165, 1.54) is 16.8 Å². The normalized spacial score (nSPS) is 22.9. The summed E-state index contributed by atoms with van der Waals surface area (Å²) in [6, 6.07) is 6.75. The van der Waals surface area contributed by atoms with Gasteiger partial charge in [0.15, 0.2) is 0 Å². The van der Waals surface area contributed by atoms with Crippen LogP contribution in [0.25, 0.3) is 0 Å². The molecule has 3 aliphatic rings. The van der Waals surface area contributed by atoms with Gasteiger partial charge >= 0.3 is 11.8 Å². The number of carbonyl (C=O) groups is 2. The average Bonchev–Trinajstić information content (AvgIpc) is 3.32. The van der Waals surface area contributed by atoms with Gasteiger partial charge in [0.2, 0.25) is 0 Å². The van der Waals surface area contributed by atoms with E-state index in [1.807, 2.05) is 0 Å². The quantitative estimate of drug-likeness (QED) is 0.633. The number of amides is 2. The van der Waals surface area contributed by atoms with Gasteiger partial charge in [0.25, 0.3) is 0 Å². The minimum Gasteiger partial charge on any atom is -0.376 e. The van der Waals surface area contributed by atoms with Crippen molar-refractivity contribution in [3.63, 3.8) is 0 Å². The Morgan fingerprint density at radius 3 is 2.59 bits per heavy atom. The van der Waals surface area contributed by atoms with Crippen LogP contribution >= 0.6 is 0 Å². The number of hydrogen-bond donors (Lipinski definition) is 2. The maximum atomic E-state index is 12.5. The Balaban J connectivity index is 1.41. The van der Waals surface area contributed by atoms with Crippen LogP contribution in [-0.2, 0) is 20.7 Å².